The summed E-state index contributed by atoms with van der Waals surface area (Å²) in [7, 11) is 1.58. The van der Waals surface area contributed by atoms with Gasteiger partial charge in [0.15, 0.2) is 5.78 Å². The van der Waals surface area contributed by atoms with Gasteiger partial charge < -0.3 is 14.6 Å². The van der Waals surface area contributed by atoms with E-state index >= 15 is 0 Å². The first-order valence-electron chi connectivity index (χ1n) is 7.41. The number of hydrogen-bond acceptors (Lipinski definition) is 5. The zero-order valence-corrected chi connectivity index (χ0v) is 13.5. The number of allylic oxidation sites excluding steroid dienone is 1. The number of methoxy groups -OCH3 is 1. The molecule has 0 aliphatic rings. The molecule has 5 nitrogen and oxygen atoms in total. The lowest BCUT2D eigenvalue weighted by atomic mass is 10.0. The Balaban J connectivity index is 2.20. The van der Waals surface area contributed by atoms with Crippen LogP contribution in [0.3, 0.4) is 0 Å². The van der Waals surface area contributed by atoms with Crippen molar-refractivity contribution < 1.29 is 24.2 Å². The Bertz CT molecular complexity index is 760. The van der Waals surface area contributed by atoms with E-state index in [1.54, 1.807) is 44.4 Å². The van der Waals surface area contributed by atoms with Gasteiger partial charge in [-0.1, -0.05) is 18.2 Å². The number of esters is 1. The second-order valence-corrected chi connectivity index (χ2v) is 4.92. The van der Waals surface area contributed by atoms with Crippen molar-refractivity contribution in [1.29, 1.82) is 0 Å². The van der Waals surface area contributed by atoms with Gasteiger partial charge in [-0.25, -0.2) is 4.79 Å². The van der Waals surface area contributed by atoms with Crippen molar-refractivity contribution in [2.75, 3.05) is 13.7 Å². The van der Waals surface area contributed by atoms with E-state index < -0.39 is 11.8 Å². The summed E-state index contributed by atoms with van der Waals surface area (Å²) < 4.78 is 9.96. The van der Waals surface area contributed by atoms with Crippen molar-refractivity contribution in [2.45, 2.75) is 6.92 Å². The molecule has 2 rings (SSSR count). The Hall–Kier alpha value is -3.08. The minimum atomic E-state index is -0.536. The fourth-order valence-electron chi connectivity index (χ4n) is 2.05. The van der Waals surface area contributed by atoms with Gasteiger partial charge in [0.25, 0.3) is 0 Å². The molecule has 0 saturated carbocycles. The van der Waals surface area contributed by atoms with E-state index in [0.29, 0.717) is 0 Å². The number of ether oxygens (including phenoxy) is 2. The standard InChI is InChI=1S/C19H18O5/c1-3-24-19(22)14-7-11-18(21)16(12-14)17(20)10-6-13-4-8-15(23-2)9-5-13/h4-12,21H,3H2,1-2H3/b10-6+. The molecule has 0 atom stereocenters. The number of hydrogen-bond donors (Lipinski definition) is 1. The van der Waals surface area contributed by atoms with Crippen LogP contribution in [0, 0.1) is 0 Å². The zero-order chi connectivity index (χ0) is 17.5. The maximum atomic E-state index is 12.3. The van der Waals surface area contributed by atoms with Gasteiger partial charge in [0.2, 0.25) is 0 Å². The molecule has 0 spiro atoms. The number of phenolic OH excluding ortho intramolecular Hbond substituents is 1. The van der Waals surface area contributed by atoms with Crippen molar-refractivity contribution in [3.63, 3.8) is 0 Å². The molecule has 0 radical (unpaired) electrons. The number of carbonyl (C=O) groups excluding carboxylic acids is 2. The van der Waals surface area contributed by atoms with Crippen LogP contribution in [0.4, 0.5) is 0 Å². The van der Waals surface area contributed by atoms with E-state index in [-0.39, 0.29) is 23.5 Å². The van der Waals surface area contributed by atoms with E-state index in [1.807, 2.05) is 0 Å². The third kappa shape index (κ3) is 4.23. The predicted octanol–water partition coefficient (Wildman–Crippen LogP) is 3.47. The molecule has 0 aliphatic carbocycles. The maximum Gasteiger partial charge on any atom is 0.338 e. The molecular formula is C19H18O5. The second kappa shape index (κ2) is 7.97. The zero-order valence-electron chi connectivity index (χ0n) is 13.5. The Morgan fingerprint density at radius 2 is 1.83 bits per heavy atom. The first-order valence-corrected chi connectivity index (χ1v) is 7.41. The number of carbonyl (C=O) groups is 2. The number of aromatic hydroxyl groups is 1. The summed E-state index contributed by atoms with van der Waals surface area (Å²) in [6.07, 6.45) is 2.96. The first kappa shape index (κ1) is 17.3. The van der Waals surface area contributed by atoms with E-state index in [1.165, 1.54) is 24.3 Å². The highest BCUT2D eigenvalue weighted by atomic mass is 16.5. The third-order valence-corrected chi connectivity index (χ3v) is 3.32. The average molecular weight is 326 g/mol. The highest BCUT2D eigenvalue weighted by Crippen LogP contribution is 2.21. The van der Waals surface area contributed by atoms with Gasteiger partial charge in [0, 0.05) is 0 Å². The molecule has 0 bridgehead atoms. The summed E-state index contributed by atoms with van der Waals surface area (Å²) in [5.74, 6) is -0.411. The molecule has 0 unspecified atom stereocenters. The van der Waals surface area contributed by atoms with Gasteiger partial charge in [0.05, 0.1) is 24.8 Å². The Labute approximate surface area is 140 Å². The second-order valence-electron chi connectivity index (χ2n) is 4.92. The van der Waals surface area contributed by atoms with Crippen LogP contribution in [-0.4, -0.2) is 30.6 Å². The normalized spacial score (nSPS) is 10.6. The largest absolute Gasteiger partial charge is 0.507 e. The minimum absolute atomic E-state index is 0.0466. The number of rotatable bonds is 6. The number of ketones is 1. The maximum absolute atomic E-state index is 12.3. The predicted molar refractivity (Wildman–Crippen MR) is 90.4 cm³/mol. The van der Waals surface area contributed by atoms with Crippen LogP contribution in [0.15, 0.2) is 48.5 Å². The van der Waals surface area contributed by atoms with Gasteiger partial charge in [-0.05, 0) is 48.9 Å². The van der Waals surface area contributed by atoms with Gasteiger partial charge in [0.1, 0.15) is 11.5 Å². The molecular weight excluding hydrogens is 308 g/mol. The Morgan fingerprint density at radius 1 is 1.12 bits per heavy atom. The molecule has 2 aromatic carbocycles. The van der Waals surface area contributed by atoms with Gasteiger partial charge >= 0.3 is 5.97 Å². The van der Waals surface area contributed by atoms with Crippen molar-refractivity contribution in [3.05, 3.63) is 65.2 Å². The fourth-order valence-corrected chi connectivity index (χ4v) is 2.05. The van der Waals surface area contributed by atoms with Crippen LogP contribution in [-0.2, 0) is 4.74 Å². The molecule has 0 saturated heterocycles. The van der Waals surface area contributed by atoms with E-state index in [4.69, 9.17) is 9.47 Å². The molecule has 24 heavy (non-hydrogen) atoms. The van der Waals surface area contributed by atoms with Gasteiger partial charge in [-0.15, -0.1) is 0 Å². The Morgan fingerprint density at radius 3 is 2.46 bits per heavy atom. The van der Waals surface area contributed by atoms with E-state index in [0.717, 1.165) is 11.3 Å². The molecule has 0 amide bonds. The molecule has 2 aromatic rings. The van der Waals surface area contributed by atoms with E-state index in [2.05, 4.69) is 0 Å². The molecule has 0 aromatic heterocycles. The lowest BCUT2D eigenvalue weighted by molar-refractivity contribution is 0.0526. The lowest BCUT2D eigenvalue weighted by Crippen LogP contribution is -2.06. The summed E-state index contributed by atoms with van der Waals surface area (Å²) in [5, 5.41) is 9.86. The average Bonchev–Trinajstić information content (AvgIpc) is 2.60. The molecule has 0 aliphatic heterocycles. The lowest BCUT2D eigenvalue weighted by Gasteiger charge is -2.05. The van der Waals surface area contributed by atoms with Crippen LogP contribution in [0.2, 0.25) is 0 Å². The van der Waals surface area contributed by atoms with Crippen LogP contribution < -0.4 is 4.74 Å². The van der Waals surface area contributed by atoms with Crippen LogP contribution in [0.25, 0.3) is 6.08 Å². The summed E-state index contributed by atoms with van der Waals surface area (Å²) in [6.45, 7) is 1.93. The highest BCUT2D eigenvalue weighted by molar-refractivity contribution is 6.09. The third-order valence-electron chi connectivity index (χ3n) is 3.32. The van der Waals surface area contributed by atoms with Crippen LogP contribution >= 0.6 is 0 Å². The van der Waals surface area contributed by atoms with Crippen molar-refractivity contribution in [2.24, 2.45) is 0 Å². The molecule has 5 heteroatoms. The number of phenols is 1. The van der Waals surface area contributed by atoms with Gasteiger partial charge in [-0.2, -0.15) is 0 Å². The quantitative estimate of drug-likeness (QED) is 0.500. The van der Waals surface area contributed by atoms with Crippen molar-refractivity contribution in [3.8, 4) is 11.5 Å². The molecule has 124 valence electrons. The summed E-state index contributed by atoms with van der Waals surface area (Å²) in [6, 6.07) is 11.2. The molecule has 1 N–H and O–H groups in total. The Kier molecular flexibility index (Phi) is 5.73. The summed E-state index contributed by atoms with van der Waals surface area (Å²) >= 11 is 0. The topological polar surface area (TPSA) is 72.8 Å². The van der Waals surface area contributed by atoms with Crippen molar-refractivity contribution in [1.82, 2.24) is 0 Å². The molecule has 0 fully saturated rings. The smallest absolute Gasteiger partial charge is 0.338 e. The summed E-state index contributed by atoms with van der Waals surface area (Å²) in [4.78, 5) is 24.0. The van der Waals surface area contributed by atoms with E-state index in [9.17, 15) is 14.7 Å². The van der Waals surface area contributed by atoms with Crippen LogP contribution in [0.1, 0.15) is 33.2 Å². The fraction of sp³-hybridized carbons (Fsp3) is 0.158. The first-order chi connectivity index (χ1) is 11.5. The SMILES string of the molecule is CCOC(=O)c1ccc(O)c(C(=O)/C=C/c2ccc(OC)cc2)c1. The summed E-state index contributed by atoms with van der Waals surface area (Å²) in [5.41, 5.74) is 1.08. The minimum Gasteiger partial charge on any atom is -0.507 e. The van der Waals surface area contributed by atoms with Gasteiger partial charge in [-0.3, -0.25) is 4.79 Å². The van der Waals surface area contributed by atoms with Crippen LogP contribution in [0.5, 0.6) is 11.5 Å². The highest BCUT2D eigenvalue weighted by Gasteiger charge is 2.13. The number of benzene rings is 2. The monoisotopic (exact) mass is 326 g/mol. The molecule has 0 heterocycles. The van der Waals surface area contributed by atoms with Crippen molar-refractivity contribution >= 4 is 17.8 Å².